The number of carboxylic acids is 1. The predicted octanol–water partition coefficient (Wildman–Crippen LogP) is 2.66. The van der Waals surface area contributed by atoms with Gasteiger partial charge in [-0.1, -0.05) is 11.6 Å². The Kier molecular flexibility index (Phi) is 4.61. The number of anilines is 1. The Morgan fingerprint density at radius 3 is 2.89 bits per heavy atom. The fourth-order valence-electron chi connectivity index (χ4n) is 2.25. The molecule has 1 aliphatic rings. The van der Waals surface area contributed by atoms with Gasteiger partial charge in [0, 0.05) is 25.5 Å². The summed E-state index contributed by atoms with van der Waals surface area (Å²) in [5.74, 6) is 0.00877. The van der Waals surface area contributed by atoms with Crippen LogP contribution in [0.15, 0.2) is 12.3 Å². The van der Waals surface area contributed by atoms with Crippen molar-refractivity contribution in [1.82, 2.24) is 4.98 Å². The van der Waals surface area contributed by atoms with Crippen LogP contribution in [0.3, 0.4) is 0 Å². The van der Waals surface area contributed by atoms with Crippen molar-refractivity contribution in [2.75, 3.05) is 18.5 Å². The molecule has 0 saturated carbocycles. The second kappa shape index (κ2) is 6.21. The van der Waals surface area contributed by atoms with E-state index in [0.717, 1.165) is 26.1 Å². The first-order valence-electron chi connectivity index (χ1n) is 6.31. The highest BCUT2D eigenvalue weighted by atomic mass is 35.5. The van der Waals surface area contributed by atoms with Gasteiger partial charge in [-0.2, -0.15) is 0 Å². The summed E-state index contributed by atoms with van der Waals surface area (Å²) in [6, 6.07) is 1.69. The molecule has 5 nitrogen and oxygen atoms in total. The standard InChI is InChI=1S/C13H17ClN2O3/c1-8(9-2-4-19-5-3-9)16-12-6-10(13(17)18)11(14)7-15-12/h6-9H,2-5H2,1H3,(H,15,16)(H,17,18). The zero-order valence-corrected chi connectivity index (χ0v) is 11.5. The number of halogens is 1. The van der Waals surface area contributed by atoms with Gasteiger partial charge in [0.05, 0.1) is 10.6 Å². The zero-order valence-electron chi connectivity index (χ0n) is 10.7. The topological polar surface area (TPSA) is 71.5 Å². The number of carboxylic acid groups (broad SMARTS) is 1. The van der Waals surface area contributed by atoms with E-state index in [1.165, 1.54) is 12.3 Å². The lowest BCUT2D eigenvalue weighted by Gasteiger charge is -2.28. The first-order valence-corrected chi connectivity index (χ1v) is 6.69. The van der Waals surface area contributed by atoms with Gasteiger partial charge in [-0.3, -0.25) is 0 Å². The molecule has 2 heterocycles. The van der Waals surface area contributed by atoms with Crippen LogP contribution in [0, 0.1) is 5.92 Å². The van der Waals surface area contributed by atoms with Gasteiger partial charge in [-0.25, -0.2) is 9.78 Å². The van der Waals surface area contributed by atoms with E-state index in [-0.39, 0.29) is 16.6 Å². The minimum Gasteiger partial charge on any atom is -0.478 e. The summed E-state index contributed by atoms with van der Waals surface area (Å²) in [4.78, 5) is 15.1. The molecule has 1 aliphatic heterocycles. The minimum absolute atomic E-state index is 0.0679. The van der Waals surface area contributed by atoms with E-state index in [1.54, 1.807) is 0 Å². The van der Waals surface area contributed by atoms with Gasteiger partial charge in [0.25, 0.3) is 0 Å². The Labute approximate surface area is 116 Å². The van der Waals surface area contributed by atoms with Crippen molar-refractivity contribution in [1.29, 1.82) is 0 Å². The van der Waals surface area contributed by atoms with Crippen molar-refractivity contribution >= 4 is 23.4 Å². The van der Waals surface area contributed by atoms with E-state index < -0.39 is 5.97 Å². The van der Waals surface area contributed by atoms with Crippen LogP contribution in [-0.2, 0) is 4.74 Å². The molecule has 1 aromatic heterocycles. The molecule has 1 aromatic rings. The van der Waals surface area contributed by atoms with Crippen LogP contribution in [0.25, 0.3) is 0 Å². The molecule has 6 heteroatoms. The molecule has 0 radical (unpaired) electrons. The Morgan fingerprint density at radius 1 is 1.58 bits per heavy atom. The van der Waals surface area contributed by atoms with Crippen LogP contribution in [0.1, 0.15) is 30.1 Å². The van der Waals surface area contributed by atoms with Gasteiger partial charge in [-0.05, 0) is 31.7 Å². The Hall–Kier alpha value is -1.33. The molecule has 1 fully saturated rings. The van der Waals surface area contributed by atoms with Crippen molar-refractivity contribution in [3.63, 3.8) is 0 Å². The highest BCUT2D eigenvalue weighted by Gasteiger charge is 2.21. The Balaban J connectivity index is 2.05. The number of hydrogen-bond donors (Lipinski definition) is 2. The van der Waals surface area contributed by atoms with Gasteiger partial charge in [-0.15, -0.1) is 0 Å². The SMILES string of the molecule is CC(Nc1cc(C(=O)O)c(Cl)cn1)C1CCOCC1. The molecule has 1 saturated heterocycles. The van der Waals surface area contributed by atoms with Crippen LogP contribution in [0.2, 0.25) is 5.02 Å². The van der Waals surface area contributed by atoms with Crippen LogP contribution >= 0.6 is 11.6 Å². The average Bonchev–Trinajstić information content (AvgIpc) is 2.41. The van der Waals surface area contributed by atoms with Crippen LogP contribution in [0.5, 0.6) is 0 Å². The predicted molar refractivity (Wildman–Crippen MR) is 72.8 cm³/mol. The smallest absolute Gasteiger partial charge is 0.337 e. The molecule has 1 unspecified atom stereocenters. The normalized spacial score (nSPS) is 18.0. The maximum absolute atomic E-state index is 11.0. The minimum atomic E-state index is -1.05. The van der Waals surface area contributed by atoms with E-state index >= 15 is 0 Å². The monoisotopic (exact) mass is 284 g/mol. The van der Waals surface area contributed by atoms with Gasteiger partial charge in [0.15, 0.2) is 0 Å². The van der Waals surface area contributed by atoms with E-state index in [1.807, 2.05) is 0 Å². The third-order valence-electron chi connectivity index (χ3n) is 3.43. The summed E-state index contributed by atoms with van der Waals surface area (Å²) in [7, 11) is 0. The summed E-state index contributed by atoms with van der Waals surface area (Å²) >= 11 is 5.79. The summed E-state index contributed by atoms with van der Waals surface area (Å²) < 4.78 is 5.33. The summed E-state index contributed by atoms with van der Waals surface area (Å²) in [5.41, 5.74) is 0.0679. The second-order valence-corrected chi connectivity index (χ2v) is 5.14. The molecule has 0 aromatic carbocycles. The number of hydrogen-bond acceptors (Lipinski definition) is 4. The molecule has 0 aliphatic carbocycles. The maximum Gasteiger partial charge on any atom is 0.337 e. The lowest BCUT2D eigenvalue weighted by molar-refractivity contribution is 0.0622. The highest BCUT2D eigenvalue weighted by molar-refractivity contribution is 6.33. The molecular weight excluding hydrogens is 268 g/mol. The van der Waals surface area contributed by atoms with E-state index in [9.17, 15) is 4.79 Å². The average molecular weight is 285 g/mol. The number of aromatic carboxylic acids is 1. The molecule has 2 N–H and O–H groups in total. The van der Waals surface area contributed by atoms with E-state index in [2.05, 4.69) is 17.2 Å². The highest BCUT2D eigenvalue weighted by Crippen LogP contribution is 2.23. The Bertz CT molecular complexity index is 461. The van der Waals surface area contributed by atoms with Crippen LogP contribution in [-0.4, -0.2) is 35.3 Å². The largest absolute Gasteiger partial charge is 0.478 e. The number of carbonyl (C=O) groups is 1. The van der Waals surface area contributed by atoms with Crippen LogP contribution in [0.4, 0.5) is 5.82 Å². The molecular formula is C13H17ClN2O3. The van der Waals surface area contributed by atoms with E-state index in [4.69, 9.17) is 21.4 Å². The number of ether oxygens (including phenoxy) is 1. The number of nitrogens with one attached hydrogen (secondary N) is 1. The first-order chi connectivity index (χ1) is 9.08. The van der Waals surface area contributed by atoms with Crippen molar-refractivity contribution in [3.8, 4) is 0 Å². The third kappa shape index (κ3) is 3.58. The molecule has 2 rings (SSSR count). The second-order valence-electron chi connectivity index (χ2n) is 4.74. The quantitative estimate of drug-likeness (QED) is 0.889. The lowest BCUT2D eigenvalue weighted by atomic mass is 9.93. The Morgan fingerprint density at radius 2 is 2.26 bits per heavy atom. The van der Waals surface area contributed by atoms with Crippen molar-refractivity contribution < 1.29 is 14.6 Å². The van der Waals surface area contributed by atoms with Crippen molar-refractivity contribution in [3.05, 3.63) is 22.8 Å². The molecule has 1 atom stereocenters. The number of rotatable bonds is 4. The number of nitrogens with zero attached hydrogens (tertiary/aromatic N) is 1. The lowest BCUT2D eigenvalue weighted by Crippen LogP contribution is -2.31. The van der Waals surface area contributed by atoms with Gasteiger partial charge < -0.3 is 15.2 Å². The zero-order chi connectivity index (χ0) is 13.8. The third-order valence-corrected chi connectivity index (χ3v) is 3.74. The molecule has 0 bridgehead atoms. The number of pyridine rings is 1. The van der Waals surface area contributed by atoms with Gasteiger partial charge in [0.1, 0.15) is 5.82 Å². The van der Waals surface area contributed by atoms with Gasteiger partial charge >= 0.3 is 5.97 Å². The molecule has 19 heavy (non-hydrogen) atoms. The fourth-order valence-corrected chi connectivity index (χ4v) is 2.43. The molecule has 104 valence electrons. The van der Waals surface area contributed by atoms with Crippen molar-refractivity contribution in [2.24, 2.45) is 5.92 Å². The summed E-state index contributed by atoms with van der Waals surface area (Å²) in [6.07, 6.45) is 3.38. The summed E-state index contributed by atoms with van der Waals surface area (Å²) in [5, 5.41) is 12.4. The number of aromatic nitrogens is 1. The first kappa shape index (κ1) is 14.1. The van der Waals surface area contributed by atoms with E-state index in [0.29, 0.717) is 11.7 Å². The maximum atomic E-state index is 11.0. The summed E-state index contributed by atoms with van der Waals surface area (Å²) in [6.45, 7) is 3.64. The molecule has 0 amide bonds. The molecule has 0 spiro atoms. The fraction of sp³-hybridized carbons (Fsp3) is 0.538. The van der Waals surface area contributed by atoms with Gasteiger partial charge in [0.2, 0.25) is 0 Å². The van der Waals surface area contributed by atoms with Crippen molar-refractivity contribution in [2.45, 2.75) is 25.8 Å². The van der Waals surface area contributed by atoms with Crippen LogP contribution < -0.4 is 5.32 Å².